The summed E-state index contributed by atoms with van der Waals surface area (Å²) < 4.78 is 0. The number of fused-ring (bicyclic) bond motifs is 1. The van der Waals surface area contributed by atoms with Crippen LogP contribution in [0.1, 0.15) is 45.3 Å². The van der Waals surface area contributed by atoms with Crippen molar-refractivity contribution >= 4 is 22.8 Å². The molecule has 0 saturated heterocycles. The number of hydrogen-bond acceptors (Lipinski definition) is 4. The van der Waals surface area contributed by atoms with E-state index < -0.39 is 0 Å². The first kappa shape index (κ1) is 13.0. The number of rotatable bonds is 3. The molecule has 0 amide bonds. The van der Waals surface area contributed by atoms with Crippen LogP contribution in [0.25, 0.3) is 0 Å². The summed E-state index contributed by atoms with van der Waals surface area (Å²) >= 11 is 1.57. The topological polar surface area (TPSA) is 33.2 Å². The van der Waals surface area contributed by atoms with Gasteiger partial charge in [-0.3, -0.25) is 4.79 Å². The number of anilines is 1. The maximum absolute atomic E-state index is 11.3. The molecule has 0 spiro atoms. The lowest BCUT2D eigenvalue weighted by Crippen LogP contribution is -2.25. The Morgan fingerprint density at radius 1 is 1.14 bits per heavy atom. The zero-order valence-electron chi connectivity index (χ0n) is 11.9. The monoisotopic (exact) mass is 298 g/mol. The van der Waals surface area contributed by atoms with E-state index in [4.69, 9.17) is 4.98 Å². The van der Waals surface area contributed by atoms with E-state index in [0.29, 0.717) is 5.92 Å². The van der Waals surface area contributed by atoms with Gasteiger partial charge in [-0.05, 0) is 36.8 Å². The lowest BCUT2D eigenvalue weighted by Gasteiger charge is -2.18. The second-order valence-corrected chi connectivity index (χ2v) is 6.90. The van der Waals surface area contributed by atoms with Crippen molar-refractivity contribution in [1.29, 1.82) is 0 Å². The van der Waals surface area contributed by atoms with Crippen molar-refractivity contribution in [2.75, 3.05) is 18.0 Å². The molecule has 1 aliphatic heterocycles. The quantitative estimate of drug-likeness (QED) is 0.814. The van der Waals surface area contributed by atoms with Crippen LogP contribution in [0.4, 0.5) is 5.13 Å². The molecule has 4 heteroatoms. The number of hydrogen-bond donors (Lipinski definition) is 0. The van der Waals surface area contributed by atoms with Gasteiger partial charge in [0, 0.05) is 19.0 Å². The van der Waals surface area contributed by atoms with Gasteiger partial charge >= 0.3 is 0 Å². The molecule has 2 aromatic rings. The predicted molar refractivity (Wildman–Crippen MR) is 85.5 cm³/mol. The molecule has 2 heterocycles. The highest BCUT2D eigenvalue weighted by atomic mass is 32.1. The second kappa shape index (κ2) is 5.26. The molecule has 4 rings (SSSR count). The number of carbonyl (C=O) groups excluding carboxylic acids is 1. The Balaban J connectivity index is 1.59. The minimum Gasteiger partial charge on any atom is -0.347 e. The summed E-state index contributed by atoms with van der Waals surface area (Å²) in [5.74, 6) is 0.541. The molecule has 0 atom stereocenters. The largest absolute Gasteiger partial charge is 0.347 e. The third-order valence-corrected chi connectivity index (χ3v) is 5.49. The summed E-state index contributed by atoms with van der Waals surface area (Å²) in [5, 5.41) is 1.03. The molecule has 1 aromatic heterocycles. The number of thiazole rings is 1. The molecule has 108 valence electrons. The van der Waals surface area contributed by atoms with Gasteiger partial charge in [-0.15, -0.1) is 0 Å². The summed E-state index contributed by atoms with van der Waals surface area (Å²) in [7, 11) is 0. The summed E-state index contributed by atoms with van der Waals surface area (Å²) in [6.45, 7) is 1.99. The molecule has 0 radical (unpaired) electrons. The van der Waals surface area contributed by atoms with Crippen LogP contribution in [0.3, 0.4) is 0 Å². The number of aromatic nitrogens is 1. The molecule has 0 unspecified atom stereocenters. The molecule has 3 nitrogen and oxygen atoms in total. The maximum atomic E-state index is 11.3. The van der Waals surface area contributed by atoms with Crippen LogP contribution in [0, 0.1) is 0 Å². The van der Waals surface area contributed by atoms with E-state index in [1.807, 2.05) is 0 Å². The van der Waals surface area contributed by atoms with Gasteiger partial charge in [0.1, 0.15) is 0 Å². The van der Waals surface area contributed by atoms with Crippen molar-refractivity contribution in [3.63, 3.8) is 0 Å². The van der Waals surface area contributed by atoms with Gasteiger partial charge in [-0.1, -0.05) is 35.6 Å². The first-order chi connectivity index (χ1) is 10.3. The van der Waals surface area contributed by atoms with E-state index in [2.05, 4.69) is 29.2 Å². The Morgan fingerprint density at radius 3 is 2.38 bits per heavy atom. The average molecular weight is 298 g/mol. The van der Waals surface area contributed by atoms with Crippen LogP contribution in [0.2, 0.25) is 0 Å². The summed E-state index contributed by atoms with van der Waals surface area (Å²) in [6.07, 6.45) is 5.49. The van der Waals surface area contributed by atoms with Crippen LogP contribution in [-0.4, -0.2) is 24.4 Å². The van der Waals surface area contributed by atoms with E-state index >= 15 is 0 Å². The van der Waals surface area contributed by atoms with E-state index in [1.165, 1.54) is 24.0 Å². The summed E-state index contributed by atoms with van der Waals surface area (Å²) in [4.78, 5) is 19.2. The van der Waals surface area contributed by atoms with E-state index in [-0.39, 0.29) is 0 Å². The van der Waals surface area contributed by atoms with Gasteiger partial charge in [0.25, 0.3) is 0 Å². The molecular weight excluding hydrogens is 280 g/mol. The molecule has 0 N–H and O–H groups in total. The molecule has 2 aliphatic rings. The lowest BCUT2D eigenvalue weighted by atomic mass is 10.0. The van der Waals surface area contributed by atoms with Crippen molar-refractivity contribution in [3.8, 4) is 0 Å². The van der Waals surface area contributed by atoms with E-state index in [0.717, 1.165) is 47.9 Å². The Morgan fingerprint density at radius 2 is 1.81 bits per heavy atom. The zero-order valence-corrected chi connectivity index (χ0v) is 12.7. The zero-order chi connectivity index (χ0) is 14.2. The Bertz CT molecular complexity index is 648. The van der Waals surface area contributed by atoms with Gasteiger partial charge in [0.05, 0.1) is 10.6 Å². The second-order valence-electron chi connectivity index (χ2n) is 5.89. The van der Waals surface area contributed by atoms with Crippen molar-refractivity contribution in [2.24, 2.45) is 0 Å². The van der Waals surface area contributed by atoms with Crippen LogP contribution in [0.5, 0.6) is 0 Å². The molecule has 1 saturated carbocycles. The van der Waals surface area contributed by atoms with E-state index in [1.54, 1.807) is 11.3 Å². The summed E-state index contributed by atoms with van der Waals surface area (Å²) in [6, 6.07) is 8.70. The standard InChI is InChI=1S/C17H18N2OS/c20-11-15-16(14-5-6-14)18-17(21-15)19-9-7-12-3-1-2-4-13(12)8-10-19/h1-4,11,14H,5-10H2. The predicted octanol–water partition coefficient (Wildman–Crippen LogP) is 3.44. The highest BCUT2D eigenvalue weighted by Gasteiger charge is 2.30. The molecular formula is C17H18N2OS. The third kappa shape index (κ3) is 2.48. The van der Waals surface area contributed by atoms with Crippen LogP contribution in [-0.2, 0) is 12.8 Å². The molecule has 1 aromatic carbocycles. The van der Waals surface area contributed by atoms with Gasteiger partial charge in [-0.25, -0.2) is 4.98 Å². The van der Waals surface area contributed by atoms with E-state index in [9.17, 15) is 4.79 Å². The normalized spacial score (nSPS) is 18.2. The number of aldehydes is 1. The van der Waals surface area contributed by atoms with Gasteiger partial charge in [0.2, 0.25) is 0 Å². The first-order valence-corrected chi connectivity index (χ1v) is 8.44. The highest BCUT2D eigenvalue weighted by molar-refractivity contribution is 7.17. The molecule has 0 bridgehead atoms. The fourth-order valence-electron chi connectivity index (χ4n) is 3.06. The van der Waals surface area contributed by atoms with Crippen molar-refractivity contribution in [3.05, 3.63) is 46.0 Å². The third-order valence-electron chi connectivity index (χ3n) is 4.43. The smallest absolute Gasteiger partial charge is 0.186 e. The van der Waals surface area contributed by atoms with Crippen molar-refractivity contribution in [2.45, 2.75) is 31.6 Å². The first-order valence-electron chi connectivity index (χ1n) is 7.63. The van der Waals surface area contributed by atoms with Gasteiger partial charge < -0.3 is 4.90 Å². The van der Waals surface area contributed by atoms with Gasteiger partial charge in [0.15, 0.2) is 11.4 Å². The number of nitrogens with zero attached hydrogens (tertiary/aromatic N) is 2. The SMILES string of the molecule is O=Cc1sc(N2CCc3ccccc3CC2)nc1C1CC1. The minimum atomic E-state index is 0.541. The van der Waals surface area contributed by atoms with Crippen molar-refractivity contribution < 1.29 is 4.79 Å². The van der Waals surface area contributed by atoms with Crippen LogP contribution >= 0.6 is 11.3 Å². The lowest BCUT2D eigenvalue weighted by molar-refractivity contribution is 0.112. The van der Waals surface area contributed by atoms with Gasteiger partial charge in [-0.2, -0.15) is 0 Å². The fraction of sp³-hybridized carbons (Fsp3) is 0.412. The number of carbonyl (C=O) groups is 1. The number of benzene rings is 1. The Kier molecular flexibility index (Phi) is 3.26. The fourth-order valence-corrected chi connectivity index (χ4v) is 4.08. The maximum Gasteiger partial charge on any atom is 0.186 e. The molecule has 21 heavy (non-hydrogen) atoms. The van der Waals surface area contributed by atoms with Crippen LogP contribution in [0.15, 0.2) is 24.3 Å². The average Bonchev–Trinajstić information content (AvgIpc) is 3.31. The highest BCUT2D eigenvalue weighted by Crippen LogP contribution is 2.43. The Hall–Kier alpha value is -1.68. The van der Waals surface area contributed by atoms with Crippen LogP contribution < -0.4 is 4.90 Å². The molecule has 1 fully saturated rings. The Labute approximate surface area is 128 Å². The molecule has 1 aliphatic carbocycles. The minimum absolute atomic E-state index is 0.541. The summed E-state index contributed by atoms with van der Waals surface area (Å²) in [5.41, 5.74) is 3.95. The van der Waals surface area contributed by atoms with Crippen molar-refractivity contribution in [1.82, 2.24) is 4.98 Å².